The zero-order valence-electron chi connectivity index (χ0n) is 13.5. The van der Waals surface area contributed by atoms with Gasteiger partial charge in [0.15, 0.2) is 0 Å². The van der Waals surface area contributed by atoms with Crippen LogP contribution in [-0.2, 0) is 0 Å². The highest BCUT2D eigenvalue weighted by Gasteiger charge is 2.22. The normalized spacial score (nSPS) is 23.4. The molecule has 0 aliphatic heterocycles. The molecular formula is C19H36O. The summed E-state index contributed by atoms with van der Waals surface area (Å²) in [6.45, 7) is 3.31. The topological polar surface area (TPSA) is 20.2 Å². The summed E-state index contributed by atoms with van der Waals surface area (Å²) in [6.07, 6.45) is 22.9. The molecule has 2 rings (SSSR count). The van der Waals surface area contributed by atoms with Crippen molar-refractivity contribution in [3.63, 3.8) is 0 Å². The molecule has 0 amide bonds. The Morgan fingerprint density at radius 2 is 0.900 bits per heavy atom. The molecule has 1 heteroatoms. The SMILES string of the molecule is C1CCCC(C2CCCCCCC2)CCC1.C=CCO. The van der Waals surface area contributed by atoms with Gasteiger partial charge in [-0.1, -0.05) is 96.0 Å². The van der Waals surface area contributed by atoms with E-state index in [-0.39, 0.29) is 6.61 Å². The lowest BCUT2D eigenvalue weighted by atomic mass is 9.76. The summed E-state index contributed by atoms with van der Waals surface area (Å²) in [5.41, 5.74) is 0. The molecule has 0 unspecified atom stereocenters. The van der Waals surface area contributed by atoms with Gasteiger partial charge in [-0.05, 0) is 11.8 Å². The number of aliphatic hydroxyl groups is 1. The molecule has 0 aromatic rings. The summed E-state index contributed by atoms with van der Waals surface area (Å²) in [5.74, 6) is 2.22. The molecule has 2 aliphatic carbocycles. The maximum absolute atomic E-state index is 7.76. The Bertz CT molecular complexity index is 188. The average molecular weight is 280 g/mol. The van der Waals surface area contributed by atoms with Crippen LogP contribution in [0, 0.1) is 11.8 Å². The molecular weight excluding hydrogens is 244 g/mol. The van der Waals surface area contributed by atoms with Crippen molar-refractivity contribution < 1.29 is 5.11 Å². The van der Waals surface area contributed by atoms with Crippen molar-refractivity contribution in [1.29, 1.82) is 0 Å². The number of hydrogen-bond acceptors (Lipinski definition) is 1. The van der Waals surface area contributed by atoms with Crippen LogP contribution in [0.15, 0.2) is 12.7 Å². The number of rotatable bonds is 2. The van der Waals surface area contributed by atoms with Gasteiger partial charge in [0.2, 0.25) is 0 Å². The Balaban J connectivity index is 0.000000444. The molecule has 0 heterocycles. The van der Waals surface area contributed by atoms with Gasteiger partial charge in [-0.3, -0.25) is 0 Å². The maximum atomic E-state index is 7.76. The molecule has 0 aromatic heterocycles. The van der Waals surface area contributed by atoms with Crippen molar-refractivity contribution in [3.05, 3.63) is 12.7 Å². The van der Waals surface area contributed by atoms with E-state index < -0.39 is 0 Å². The molecule has 1 N–H and O–H groups in total. The third-order valence-electron chi connectivity index (χ3n) is 5.10. The molecule has 0 atom stereocenters. The van der Waals surface area contributed by atoms with Crippen LogP contribution >= 0.6 is 0 Å². The molecule has 2 aliphatic rings. The predicted molar refractivity (Wildman–Crippen MR) is 88.9 cm³/mol. The molecule has 0 spiro atoms. The summed E-state index contributed by atoms with van der Waals surface area (Å²) in [4.78, 5) is 0. The summed E-state index contributed by atoms with van der Waals surface area (Å²) in [6, 6.07) is 0. The van der Waals surface area contributed by atoms with Gasteiger partial charge in [0.25, 0.3) is 0 Å². The van der Waals surface area contributed by atoms with Crippen LogP contribution in [0.1, 0.15) is 89.9 Å². The van der Waals surface area contributed by atoms with E-state index in [0.717, 1.165) is 11.8 Å². The van der Waals surface area contributed by atoms with Gasteiger partial charge >= 0.3 is 0 Å². The largest absolute Gasteiger partial charge is 0.392 e. The lowest BCUT2D eigenvalue weighted by Gasteiger charge is -2.30. The number of aliphatic hydroxyl groups excluding tert-OH is 1. The second kappa shape index (κ2) is 12.4. The molecule has 2 saturated carbocycles. The van der Waals surface area contributed by atoms with Crippen molar-refractivity contribution in [1.82, 2.24) is 0 Å². The zero-order chi connectivity index (χ0) is 14.5. The standard InChI is InChI=1S/C16H30.C3H6O/c1-3-7-11-15(12-8-4-1)16-13-9-5-2-6-10-14-16;1-2-3-4/h15-16H,1-14H2;2,4H,1,3H2. The van der Waals surface area contributed by atoms with Crippen molar-refractivity contribution in [3.8, 4) is 0 Å². The minimum Gasteiger partial charge on any atom is -0.392 e. The van der Waals surface area contributed by atoms with E-state index in [1.807, 2.05) is 0 Å². The van der Waals surface area contributed by atoms with E-state index in [4.69, 9.17) is 5.11 Å². The number of hydrogen-bond donors (Lipinski definition) is 1. The molecule has 20 heavy (non-hydrogen) atoms. The highest BCUT2D eigenvalue weighted by molar-refractivity contribution is 4.74. The van der Waals surface area contributed by atoms with Gasteiger partial charge in [0.1, 0.15) is 0 Å². The molecule has 118 valence electrons. The van der Waals surface area contributed by atoms with Crippen LogP contribution < -0.4 is 0 Å². The van der Waals surface area contributed by atoms with E-state index >= 15 is 0 Å². The van der Waals surface area contributed by atoms with E-state index in [9.17, 15) is 0 Å². The van der Waals surface area contributed by atoms with Gasteiger partial charge in [-0.15, -0.1) is 6.58 Å². The minimum atomic E-state index is 0.0833. The third-order valence-corrected chi connectivity index (χ3v) is 5.10. The summed E-state index contributed by atoms with van der Waals surface area (Å²) in [7, 11) is 0. The predicted octanol–water partition coefficient (Wildman–Crippen LogP) is 5.87. The highest BCUT2D eigenvalue weighted by Crippen LogP contribution is 2.35. The van der Waals surface area contributed by atoms with Crippen LogP contribution in [0.5, 0.6) is 0 Å². The van der Waals surface area contributed by atoms with Crippen LogP contribution in [-0.4, -0.2) is 11.7 Å². The zero-order valence-corrected chi connectivity index (χ0v) is 13.5. The fourth-order valence-corrected chi connectivity index (χ4v) is 3.92. The molecule has 0 radical (unpaired) electrons. The van der Waals surface area contributed by atoms with Crippen molar-refractivity contribution in [2.75, 3.05) is 6.61 Å². The highest BCUT2D eigenvalue weighted by atomic mass is 16.2. The van der Waals surface area contributed by atoms with Crippen LogP contribution in [0.2, 0.25) is 0 Å². The van der Waals surface area contributed by atoms with Crippen molar-refractivity contribution in [2.45, 2.75) is 89.9 Å². The second-order valence-corrected chi connectivity index (χ2v) is 6.68. The smallest absolute Gasteiger partial charge is 0.0609 e. The Hall–Kier alpha value is -0.300. The maximum Gasteiger partial charge on any atom is 0.0609 e. The summed E-state index contributed by atoms with van der Waals surface area (Å²) < 4.78 is 0. The first-order valence-electron chi connectivity index (χ1n) is 9.10. The van der Waals surface area contributed by atoms with Crippen LogP contribution in [0.4, 0.5) is 0 Å². The van der Waals surface area contributed by atoms with E-state index in [1.54, 1.807) is 25.7 Å². The lowest BCUT2D eigenvalue weighted by Crippen LogP contribution is -2.17. The first kappa shape index (κ1) is 17.8. The molecule has 0 bridgehead atoms. The monoisotopic (exact) mass is 280 g/mol. The Morgan fingerprint density at radius 1 is 0.650 bits per heavy atom. The van der Waals surface area contributed by atoms with Gasteiger partial charge < -0.3 is 5.11 Å². The third kappa shape index (κ3) is 8.09. The molecule has 0 aromatic carbocycles. The quantitative estimate of drug-likeness (QED) is 0.627. The van der Waals surface area contributed by atoms with Gasteiger partial charge in [-0.25, -0.2) is 0 Å². The van der Waals surface area contributed by atoms with E-state index in [2.05, 4.69) is 6.58 Å². The molecule has 1 nitrogen and oxygen atoms in total. The first-order chi connectivity index (χ1) is 9.88. The van der Waals surface area contributed by atoms with Crippen LogP contribution in [0.25, 0.3) is 0 Å². The van der Waals surface area contributed by atoms with Crippen molar-refractivity contribution in [2.24, 2.45) is 11.8 Å². The van der Waals surface area contributed by atoms with E-state index in [1.165, 1.54) is 70.3 Å². The fraction of sp³-hybridized carbons (Fsp3) is 0.895. The first-order valence-corrected chi connectivity index (χ1v) is 9.10. The second-order valence-electron chi connectivity index (χ2n) is 6.68. The Morgan fingerprint density at radius 3 is 1.15 bits per heavy atom. The van der Waals surface area contributed by atoms with Gasteiger partial charge in [0, 0.05) is 0 Å². The molecule has 2 fully saturated rings. The summed E-state index contributed by atoms with van der Waals surface area (Å²) >= 11 is 0. The van der Waals surface area contributed by atoms with Gasteiger partial charge in [0.05, 0.1) is 6.61 Å². The van der Waals surface area contributed by atoms with E-state index in [0.29, 0.717) is 0 Å². The lowest BCUT2D eigenvalue weighted by molar-refractivity contribution is 0.221. The van der Waals surface area contributed by atoms with Gasteiger partial charge in [-0.2, -0.15) is 0 Å². The Kier molecular flexibility index (Phi) is 11.0. The fourth-order valence-electron chi connectivity index (χ4n) is 3.92. The average Bonchev–Trinajstić information content (AvgIpc) is 2.40. The summed E-state index contributed by atoms with van der Waals surface area (Å²) in [5, 5.41) is 7.76. The van der Waals surface area contributed by atoms with Crippen LogP contribution in [0.3, 0.4) is 0 Å². The van der Waals surface area contributed by atoms with Crippen molar-refractivity contribution >= 4 is 0 Å². The Labute approximate surface area is 126 Å². The minimum absolute atomic E-state index is 0.0833. The molecule has 0 saturated heterocycles.